The fraction of sp³-hybridized carbons (Fsp3) is 0.133. The van der Waals surface area contributed by atoms with Crippen molar-refractivity contribution in [1.29, 1.82) is 0 Å². The number of halogens is 4. The summed E-state index contributed by atoms with van der Waals surface area (Å²) in [6.07, 6.45) is -0.0500. The summed E-state index contributed by atoms with van der Waals surface area (Å²) in [7, 11) is 0. The maximum absolute atomic E-state index is 13.4. The molecule has 0 aliphatic rings. The Labute approximate surface area is 136 Å². The van der Waals surface area contributed by atoms with Crippen molar-refractivity contribution in [2.24, 2.45) is 0 Å². The third-order valence-corrected chi connectivity index (χ3v) is 3.73. The maximum Gasteiger partial charge on any atom is 0.174 e. The Balaban J connectivity index is 1.99. The van der Waals surface area contributed by atoms with Crippen LogP contribution in [0.15, 0.2) is 36.4 Å². The van der Waals surface area contributed by atoms with Gasteiger partial charge in [0.15, 0.2) is 5.78 Å². The van der Waals surface area contributed by atoms with E-state index in [9.17, 15) is 9.18 Å². The molecule has 110 valence electrons. The van der Waals surface area contributed by atoms with E-state index >= 15 is 0 Å². The van der Waals surface area contributed by atoms with Gasteiger partial charge >= 0.3 is 0 Å². The Kier molecular flexibility index (Phi) is 5.45. The van der Waals surface area contributed by atoms with Gasteiger partial charge < -0.3 is 4.74 Å². The molecule has 0 aliphatic heterocycles. The fourth-order valence-electron chi connectivity index (χ4n) is 1.68. The molecular weight excluding hydrogens is 338 g/mol. The molecule has 0 spiro atoms. The molecule has 6 heteroatoms. The highest BCUT2D eigenvalue weighted by atomic mass is 35.5. The second kappa shape index (κ2) is 7.12. The molecule has 2 aromatic carbocycles. The molecule has 2 aromatic rings. The van der Waals surface area contributed by atoms with Crippen molar-refractivity contribution in [3.05, 3.63) is 62.8 Å². The monoisotopic (exact) mass is 346 g/mol. The number of carbonyl (C=O) groups is 1. The lowest BCUT2D eigenvalue weighted by Gasteiger charge is -2.09. The summed E-state index contributed by atoms with van der Waals surface area (Å²) in [6.45, 7) is -0.230. The van der Waals surface area contributed by atoms with Gasteiger partial charge in [0, 0.05) is 12.5 Å². The second-order valence-electron chi connectivity index (χ2n) is 4.29. The molecule has 2 nitrogen and oxygen atoms in total. The lowest BCUT2D eigenvalue weighted by atomic mass is 10.1. The van der Waals surface area contributed by atoms with Gasteiger partial charge in [-0.1, -0.05) is 53.0 Å². The topological polar surface area (TPSA) is 26.3 Å². The summed E-state index contributed by atoms with van der Waals surface area (Å²) in [6, 6.07) is 8.96. The van der Waals surface area contributed by atoms with E-state index in [1.807, 2.05) is 0 Å². The second-order valence-corrected chi connectivity index (χ2v) is 5.51. The zero-order valence-electron chi connectivity index (χ0n) is 10.7. The normalized spacial score (nSPS) is 10.5. The Bertz CT molecular complexity index is 674. The number of hydrogen-bond acceptors (Lipinski definition) is 2. The number of Topliss-reactive ketones (excluding diaryl/α,β-unsaturated/α-hetero) is 1. The summed E-state index contributed by atoms with van der Waals surface area (Å²) < 4.78 is 18.7. The van der Waals surface area contributed by atoms with Gasteiger partial charge in [-0.2, -0.15) is 0 Å². The summed E-state index contributed by atoms with van der Waals surface area (Å²) >= 11 is 17.6. The van der Waals surface area contributed by atoms with Crippen molar-refractivity contribution in [1.82, 2.24) is 0 Å². The highest BCUT2D eigenvalue weighted by molar-refractivity contribution is 6.43. The molecule has 0 aliphatic carbocycles. The van der Waals surface area contributed by atoms with Gasteiger partial charge in [0.05, 0.1) is 15.1 Å². The number of ether oxygens (including phenoxy) is 1. The molecule has 0 amide bonds. The van der Waals surface area contributed by atoms with Crippen LogP contribution in [-0.2, 0) is 11.2 Å². The third-order valence-electron chi connectivity index (χ3n) is 2.71. The van der Waals surface area contributed by atoms with E-state index in [4.69, 9.17) is 39.5 Å². The van der Waals surface area contributed by atoms with Gasteiger partial charge in [-0.3, -0.25) is 4.79 Å². The van der Waals surface area contributed by atoms with Crippen LogP contribution in [0.2, 0.25) is 15.1 Å². The highest BCUT2D eigenvalue weighted by Crippen LogP contribution is 2.33. The first-order valence-corrected chi connectivity index (χ1v) is 7.13. The van der Waals surface area contributed by atoms with Gasteiger partial charge in [0.25, 0.3) is 0 Å². The Hall–Kier alpha value is -1.29. The minimum Gasteiger partial charge on any atom is -0.484 e. The molecule has 2 rings (SSSR count). The van der Waals surface area contributed by atoms with Crippen LogP contribution < -0.4 is 4.74 Å². The predicted molar refractivity (Wildman–Crippen MR) is 82.1 cm³/mol. The first kappa shape index (κ1) is 16.1. The van der Waals surface area contributed by atoms with E-state index in [0.717, 1.165) is 0 Å². The molecule has 0 fully saturated rings. The molecule has 0 aromatic heterocycles. The SMILES string of the molecule is O=C(COc1cc(Cl)c(Cl)cc1Cl)Cc1ccccc1F. The van der Waals surface area contributed by atoms with Crippen LogP contribution in [0.4, 0.5) is 4.39 Å². The van der Waals surface area contributed by atoms with Crippen LogP contribution in [0.1, 0.15) is 5.56 Å². The van der Waals surface area contributed by atoms with E-state index < -0.39 is 5.82 Å². The molecule has 0 heterocycles. The molecule has 0 radical (unpaired) electrons. The zero-order chi connectivity index (χ0) is 15.4. The van der Waals surface area contributed by atoms with Crippen LogP contribution >= 0.6 is 34.8 Å². The summed E-state index contributed by atoms with van der Waals surface area (Å²) in [5.74, 6) is -0.436. The lowest BCUT2D eigenvalue weighted by molar-refractivity contribution is -0.120. The molecule has 0 bridgehead atoms. The van der Waals surface area contributed by atoms with Crippen molar-refractivity contribution in [2.45, 2.75) is 6.42 Å². The van der Waals surface area contributed by atoms with Gasteiger partial charge in [-0.25, -0.2) is 4.39 Å². The number of rotatable bonds is 5. The minimum atomic E-state index is -0.418. The van der Waals surface area contributed by atoms with E-state index in [-0.39, 0.29) is 34.6 Å². The number of hydrogen-bond donors (Lipinski definition) is 0. The third kappa shape index (κ3) is 4.34. The largest absolute Gasteiger partial charge is 0.484 e. The average Bonchev–Trinajstić information content (AvgIpc) is 2.44. The van der Waals surface area contributed by atoms with E-state index in [0.29, 0.717) is 10.6 Å². The molecule has 0 atom stereocenters. The number of ketones is 1. The molecule has 0 unspecified atom stereocenters. The maximum atomic E-state index is 13.4. The van der Waals surface area contributed by atoms with Crippen LogP contribution in [0.3, 0.4) is 0 Å². The van der Waals surface area contributed by atoms with E-state index in [2.05, 4.69) is 0 Å². The Morgan fingerprint density at radius 1 is 1.05 bits per heavy atom. The highest BCUT2D eigenvalue weighted by Gasteiger charge is 2.11. The van der Waals surface area contributed by atoms with Crippen molar-refractivity contribution >= 4 is 40.6 Å². The van der Waals surface area contributed by atoms with Gasteiger partial charge in [0.2, 0.25) is 0 Å². The van der Waals surface area contributed by atoms with Gasteiger partial charge in [-0.15, -0.1) is 0 Å². The zero-order valence-corrected chi connectivity index (χ0v) is 13.0. The standard InChI is InChI=1S/C15H10Cl3FO2/c16-11-6-13(18)15(7-12(11)17)21-8-10(20)5-9-3-1-2-4-14(9)19/h1-4,6-7H,5,8H2. The van der Waals surface area contributed by atoms with Crippen molar-refractivity contribution in [3.63, 3.8) is 0 Å². The quantitative estimate of drug-likeness (QED) is 0.713. The number of benzene rings is 2. The first-order valence-electron chi connectivity index (χ1n) is 6.00. The molecule has 21 heavy (non-hydrogen) atoms. The lowest BCUT2D eigenvalue weighted by Crippen LogP contribution is -2.14. The summed E-state index contributed by atoms with van der Waals surface area (Å²) in [5, 5.41) is 0.826. The minimum absolute atomic E-state index is 0.0500. The number of carbonyl (C=O) groups excluding carboxylic acids is 1. The summed E-state index contributed by atoms with van der Waals surface area (Å²) in [5.41, 5.74) is 0.325. The van der Waals surface area contributed by atoms with Crippen molar-refractivity contribution in [3.8, 4) is 5.75 Å². The molecule has 0 N–H and O–H groups in total. The summed E-state index contributed by atoms with van der Waals surface area (Å²) in [4.78, 5) is 11.8. The first-order chi connectivity index (χ1) is 9.97. The molecule has 0 saturated heterocycles. The molecular formula is C15H10Cl3FO2. The van der Waals surface area contributed by atoms with E-state index in [1.165, 1.54) is 18.2 Å². The van der Waals surface area contributed by atoms with Crippen LogP contribution in [0, 0.1) is 5.82 Å². The van der Waals surface area contributed by atoms with Gasteiger partial charge in [0.1, 0.15) is 18.2 Å². The van der Waals surface area contributed by atoms with Crippen LogP contribution in [0.5, 0.6) is 5.75 Å². The van der Waals surface area contributed by atoms with E-state index in [1.54, 1.807) is 18.2 Å². The predicted octanol–water partition coefficient (Wildman–Crippen LogP) is 4.98. The van der Waals surface area contributed by atoms with Crippen molar-refractivity contribution in [2.75, 3.05) is 6.61 Å². The fourth-order valence-corrected chi connectivity index (χ4v) is 2.27. The Morgan fingerprint density at radius 2 is 1.71 bits per heavy atom. The molecule has 0 saturated carbocycles. The van der Waals surface area contributed by atoms with Crippen LogP contribution in [-0.4, -0.2) is 12.4 Å². The Morgan fingerprint density at radius 3 is 2.43 bits per heavy atom. The van der Waals surface area contributed by atoms with Crippen LogP contribution in [0.25, 0.3) is 0 Å². The smallest absolute Gasteiger partial charge is 0.174 e. The van der Waals surface area contributed by atoms with Gasteiger partial charge in [-0.05, 0) is 17.7 Å². The average molecular weight is 348 g/mol. The van der Waals surface area contributed by atoms with Crippen molar-refractivity contribution < 1.29 is 13.9 Å².